The second-order valence-corrected chi connectivity index (χ2v) is 13.1. The second-order valence-electron chi connectivity index (χ2n) is 11.7. The number of nitrogens with zero attached hydrogens (tertiary/aromatic N) is 2. The van der Waals surface area contributed by atoms with E-state index in [2.05, 4.69) is 10.3 Å². The molecular weight excluding hydrogens is 743 g/mol. The van der Waals surface area contributed by atoms with Crippen molar-refractivity contribution in [3.05, 3.63) is 22.7 Å². The van der Waals surface area contributed by atoms with Crippen LogP contribution in [0.15, 0.2) is 17.1 Å². The number of aliphatic carboxylic acids is 1. The maximum Gasteiger partial charge on any atom is 0.475 e. The molecule has 2 fully saturated rings. The van der Waals surface area contributed by atoms with Crippen LogP contribution in [0.3, 0.4) is 0 Å². The Balaban J connectivity index is 2.02. The number of esters is 4. The van der Waals surface area contributed by atoms with Gasteiger partial charge in [0.25, 0.3) is 5.79 Å². The number of carbonyl (C=O) groups excluding carboxylic acids is 5. The third kappa shape index (κ3) is 11.2. The first kappa shape index (κ1) is 42.9. The Bertz CT molecular complexity index is 1670. The van der Waals surface area contributed by atoms with Crippen LogP contribution in [-0.2, 0) is 70.8 Å². The summed E-state index contributed by atoms with van der Waals surface area (Å²) in [7, 11) is -5.72. The van der Waals surface area contributed by atoms with E-state index in [1.165, 1.54) is 6.07 Å². The van der Waals surface area contributed by atoms with Gasteiger partial charge in [-0.25, -0.2) is 18.7 Å². The largest absolute Gasteiger partial charge is 0.477 e. The standard InChI is InChI=1S/C28H39N4O20P/c1-11(33)30-20-16(47-13(3)35)8-28(26(40)41,51-24(20)23(49-15(5)37)18(48-14(4)36)9-45-12(2)34)52-53(43,44)46-10-17-21(38)22(39)25(50-17)32-7-6-19(29)31-27(32)42/h6-7,16-18,20-25,38-39H,8-10H2,1-5H3,(H,30,33)(H,40,41)(H,43,44)(H2,29,31,42)/t16-,17+,18+,20+,21+,22+,23+,24+,25+,28+/m0/s1. The quantitative estimate of drug-likeness (QED) is 0.0587. The fourth-order valence-corrected chi connectivity index (χ4v) is 6.40. The number of hydrogen-bond acceptors (Lipinski definition) is 20. The number of aliphatic hydroxyl groups excluding tert-OH is 2. The van der Waals surface area contributed by atoms with Crippen LogP contribution < -0.4 is 16.7 Å². The summed E-state index contributed by atoms with van der Waals surface area (Å²) in [6, 6.07) is -0.485. The summed E-state index contributed by atoms with van der Waals surface area (Å²) >= 11 is 0. The molecule has 2 saturated heterocycles. The molecule has 53 heavy (non-hydrogen) atoms. The van der Waals surface area contributed by atoms with Gasteiger partial charge in [-0.15, -0.1) is 0 Å². The van der Waals surface area contributed by atoms with Crippen molar-refractivity contribution in [2.24, 2.45) is 0 Å². The lowest BCUT2D eigenvalue weighted by molar-refractivity contribution is -0.292. The normalized spacial score (nSPS) is 29.1. The minimum atomic E-state index is -5.72. The molecule has 0 radical (unpaired) electrons. The maximum absolute atomic E-state index is 13.4. The summed E-state index contributed by atoms with van der Waals surface area (Å²) in [4.78, 5) is 100.0. The summed E-state index contributed by atoms with van der Waals surface area (Å²) in [6.07, 6.45) is -14.7. The molecule has 2 aliphatic heterocycles. The number of carboxylic acids is 1. The van der Waals surface area contributed by atoms with Gasteiger partial charge in [0.1, 0.15) is 42.9 Å². The zero-order chi connectivity index (χ0) is 40.0. The molecule has 1 aromatic heterocycles. The fourth-order valence-electron chi connectivity index (χ4n) is 5.44. The Kier molecular flexibility index (Phi) is 14.2. The van der Waals surface area contributed by atoms with Crippen molar-refractivity contribution < 1.29 is 91.0 Å². The third-order valence-corrected chi connectivity index (χ3v) is 8.45. The Labute approximate surface area is 298 Å². The lowest BCUT2D eigenvalue weighted by Crippen LogP contribution is -2.69. The van der Waals surface area contributed by atoms with Crippen LogP contribution in [0.25, 0.3) is 0 Å². The molecular formula is C28H39N4O20P. The third-order valence-electron chi connectivity index (χ3n) is 7.45. The van der Waals surface area contributed by atoms with Crippen molar-refractivity contribution in [3.8, 4) is 0 Å². The average Bonchev–Trinajstić information content (AvgIpc) is 3.29. The highest BCUT2D eigenvalue weighted by Crippen LogP contribution is 2.52. The molecule has 3 heterocycles. The maximum atomic E-state index is 13.4. The number of carboxylic acid groups (broad SMARTS) is 1. The minimum Gasteiger partial charge on any atom is -0.477 e. The number of nitrogens with two attached hydrogens (primary N) is 1. The molecule has 24 nitrogen and oxygen atoms in total. The van der Waals surface area contributed by atoms with Gasteiger partial charge < -0.3 is 59.7 Å². The van der Waals surface area contributed by atoms with Gasteiger partial charge in [0.05, 0.1) is 19.1 Å². The van der Waals surface area contributed by atoms with Crippen molar-refractivity contribution in [1.82, 2.24) is 14.9 Å². The molecule has 0 aliphatic carbocycles. The SMILES string of the molecule is CC(=O)N[C@H]1[C@H]([C@H](OC(C)=O)[C@@H](COC(C)=O)OC(C)=O)O[C@](OP(=O)(O)OC[C@H]2O[C@@H](n3ccc(N)nc3=O)[C@H](O)[C@@H]2O)(C(=O)O)C[C@@H]1OC(C)=O. The van der Waals surface area contributed by atoms with Gasteiger partial charge in [-0.3, -0.25) is 33.1 Å². The van der Waals surface area contributed by atoms with E-state index in [4.69, 9.17) is 43.2 Å². The number of hydrogen-bond donors (Lipinski definition) is 6. The summed E-state index contributed by atoms with van der Waals surface area (Å²) < 4.78 is 55.9. The molecule has 7 N–H and O–H groups in total. The van der Waals surface area contributed by atoms with Crippen molar-refractivity contribution >= 4 is 49.4 Å². The van der Waals surface area contributed by atoms with Gasteiger partial charge in [-0.1, -0.05) is 0 Å². The highest BCUT2D eigenvalue weighted by Gasteiger charge is 2.61. The Morgan fingerprint density at radius 2 is 1.70 bits per heavy atom. The molecule has 0 aromatic carbocycles. The number of phosphoric ester groups is 1. The number of ether oxygens (including phenoxy) is 6. The van der Waals surface area contributed by atoms with Crippen LogP contribution >= 0.6 is 7.82 Å². The summed E-state index contributed by atoms with van der Waals surface area (Å²) in [5.41, 5.74) is 4.48. The number of amides is 1. The zero-order valence-electron chi connectivity index (χ0n) is 28.7. The number of carbonyl (C=O) groups is 6. The first-order chi connectivity index (χ1) is 24.6. The molecule has 1 amide bonds. The zero-order valence-corrected chi connectivity index (χ0v) is 29.6. The molecule has 1 unspecified atom stereocenters. The smallest absolute Gasteiger partial charge is 0.475 e. The number of rotatable bonds is 15. The molecule has 2 aliphatic rings. The molecule has 0 bridgehead atoms. The van der Waals surface area contributed by atoms with E-state index in [0.717, 1.165) is 45.4 Å². The number of aliphatic hydroxyl groups is 2. The fraction of sp³-hybridized carbons (Fsp3) is 0.643. The van der Waals surface area contributed by atoms with E-state index >= 15 is 0 Å². The average molecular weight is 783 g/mol. The van der Waals surface area contributed by atoms with Crippen molar-refractivity contribution in [2.45, 2.75) is 102 Å². The lowest BCUT2D eigenvalue weighted by Gasteiger charge is -2.48. The van der Waals surface area contributed by atoms with Gasteiger partial charge in [-0.2, -0.15) is 4.98 Å². The summed E-state index contributed by atoms with van der Waals surface area (Å²) in [5, 5.41) is 33.8. The van der Waals surface area contributed by atoms with E-state index in [1.54, 1.807) is 0 Å². The number of phosphoric acid groups is 1. The second kappa shape index (κ2) is 17.5. The predicted molar refractivity (Wildman–Crippen MR) is 166 cm³/mol. The van der Waals surface area contributed by atoms with Crippen LogP contribution in [0.5, 0.6) is 0 Å². The summed E-state index contributed by atoms with van der Waals surface area (Å²) in [6.45, 7) is 2.74. The van der Waals surface area contributed by atoms with Crippen LogP contribution in [0.1, 0.15) is 47.3 Å². The number of aromatic nitrogens is 2. The predicted octanol–water partition coefficient (Wildman–Crippen LogP) is -2.99. The van der Waals surface area contributed by atoms with E-state index < -0.39 is 130 Å². The van der Waals surface area contributed by atoms with E-state index in [-0.39, 0.29) is 5.82 Å². The van der Waals surface area contributed by atoms with Gasteiger partial charge in [0.15, 0.2) is 18.4 Å². The van der Waals surface area contributed by atoms with Crippen molar-refractivity contribution in [3.63, 3.8) is 0 Å². The van der Waals surface area contributed by atoms with Gasteiger partial charge in [0.2, 0.25) is 5.91 Å². The minimum absolute atomic E-state index is 0.165. The number of nitrogens with one attached hydrogen (secondary N) is 1. The van der Waals surface area contributed by atoms with Gasteiger partial charge in [0, 0.05) is 40.8 Å². The Morgan fingerprint density at radius 1 is 1.06 bits per heavy atom. The van der Waals surface area contributed by atoms with Crippen LogP contribution in [-0.4, -0.2) is 133 Å². The Morgan fingerprint density at radius 3 is 2.23 bits per heavy atom. The van der Waals surface area contributed by atoms with E-state index in [9.17, 15) is 58.3 Å². The first-order valence-corrected chi connectivity index (χ1v) is 16.9. The Hall–Kier alpha value is -4.55. The molecule has 1 aromatic rings. The monoisotopic (exact) mass is 782 g/mol. The highest BCUT2D eigenvalue weighted by molar-refractivity contribution is 7.47. The van der Waals surface area contributed by atoms with E-state index in [0.29, 0.717) is 0 Å². The molecule has 296 valence electrons. The summed E-state index contributed by atoms with van der Waals surface area (Å²) in [5.74, 6) is -10.6. The highest BCUT2D eigenvalue weighted by atomic mass is 31.2. The van der Waals surface area contributed by atoms with Crippen LogP contribution in [0, 0.1) is 0 Å². The first-order valence-electron chi connectivity index (χ1n) is 15.4. The molecule has 25 heteroatoms. The van der Waals surface area contributed by atoms with Gasteiger partial charge in [-0.05, 0) is 6.07 Å². The van der Waals surface area contributed by atoms with Crippen LogP contribution in [0.4, 0.5) is 5.82 Å². The number of anilines is 1. The van der Waals surface area contributed by atoms with Crippen molar-refractivity contribution in [1.29, 1.82) is 0 Å². The van der Waals surface area contributed by atoms with Crippen LogP contribution in [0.2, 0.25) is 0 Å². The molecule has 0 saturated carbocycles. The van der Waals surface area contributed by atoms with E-state index in [1.807, 2.05) is 0 Å². The molecule has 11 atom stereocenters. The molecule has 3 rings (SSSR count). The van der Waals surface area contributed by atoms with Gasteiger partial charge >= 0.3 is 43.4 Å². The number of nitrogen functional groups attached to an aromatic ring is 1. The topological polar surface area (TPSA) is 347 Å². The van der Waals surface area contributed by atoms with Crippen molar-refractivity contribution in [2.75, 3.05) is 18.9 Å². The molecule has 0 spiro atoms. The lowest BCUT2D eigenvalue weighted by atomic mass is 9.88.